The maximum absolute atomic E-state index is 11.7. The zero-order valence-corrected chi connectivity index (χ0v) is 9.68. The van der Waals surface area contributed by atoms with E-state index >= 15 is 0 Å². The number of nitrogens with zero attached hydrogens (tertiary/aromatic N) is 2. The zero-order valence-electron chi connectivity index (χ0n) is 9.68. The standard InChI is InChI=1S/C10H16N4O3/c1-2-14-5-3-12-9(10(14)16)13-4-6-17-7-8(11)15/h3,5H,2,4,6-7H2,1H3,(H2,11,15)(H,12,13). The Bertz CT molecular complexity index is 430. The summed E-state index contributed by atoms with van der Waals surface area (Å²) < 4.78 is 6.48. The van der Waals surface area contributed by atoms with Crippen molar-refractivity contribution in [3.8, 4) is 0 Å². The van der Waals surface area contributed by atoms with E-state index in [2.05, 4.69) is 10.3 Å². The lowest BCUT2D eigenvalue weighted by atomic mass is 10.5. The van der Waals surface area contributed by atoms with Gasteiger partial charge < -0.3 is 20.4 Å². The van der Waals surface area contributed by atoms with Gasteiger partial charge in [-0.2, -0.15) is 0 Å². The number of hydrogen-bond donors (Lipinski definition) is 2. The van der Waals surface area contributed by atoms with Crippen molar-refractivity contribution in [1.82, 2.24) is 9.55 Å². The van der Waals surface area contributed by atoms with Crippen LogP contribution < -0.4 is 16.6 Å². The summed E-state index contributed by atoms with van der Waals surface area (Å²) in [6.07, 6.45) is 3.18. The summed E-state index contributed by atoms with van der Waals surface area (Å²) in [4.78, 5) is 26.0. The molecule has 94 valence electrons. The quantitative estimate of drug-likeness (QED) is 0.606. The van der Waals surface area contributed by atoms with Crippen molar-refractivity contribution in [2.75, 3.05) is 25.1 Å². The number of anilines is 1. The molecule has 0 aliphatic carbocycles. The number of amides is 1. The first-order valence-electron chi connectivity index (χ1n) is 5.30. The van der Waals surface area contributed by atoms with Crippen molar-refractivity contribution in [1.29, 1.82) is 0 Å². The van der Waals surface area contributed by atoms with Gasteiger partial charge in [-0.15, -0.1) is 0 Å². The van der Waals surface area contributed by atoms with Crippen molar-refractivity contribution in [2.45, 2.75) is 13.5 Å². The third-order valence-corrected chi connectivity index (χ3v) is 2.04. The Morgan fingerprint density at radius 3 is 3.06 bits per heavy atom. The van der Waals surface area contributed by atoms with Crippen LogP contribution in [0.25, 0.3) is 0 Å². The average molecular weight is 240 g/mol. The predicted molar refractivity (Wildman–Crippen MR) is 62.7 cm³/mol. The van der Waals surface area contributed by atoms with Gasteiger partial charge in [0.05, 0.1) is 6.61 Å². The third kappa shape index (κ3) is 4.23. The number of ether oxygens (including phenoxy) is 1. The molecule has 0 atom stereocenters. The van der Waals surface area contributed by atoms with Crippen LogP contribution >= 0.6 is 0 Å². The SMILES string of the molecule is CCn1ccnc(NCCOCC(N)=O)c1=O. The number of carbonyl (C=O) groups is 1. The van der Waals surface area contributed by atoms with Gasteiger partial charge in [0, 0.05) is 25.5 Å². The van der Waals surface area contributed by atoms with E-state index in [0.717, 1.165) is 0 Å². The van der Waals surface area contributed by atoms with Gasteiger partial charge in [-0.05, 0) is 6.92 Å². The van der Waals surface area contributed by atoms with Gasteiger partial charge in [0.25, 0.3) is 5.56 Å². The smallest absolute Gasteiger partial charge is 0.293 e. The van der Waals surface area contributed by atoms with Crippen LogP contribution in [0.5, 0.6) is 0 Å². The van der Waals surface area contributed by atoms with E-state index in [4.69, 9.17) is 10.5 Å². The minimum atomic E-state index is -0.517. The molecular formula is C10H16N4O3. The number of aromatic nitrogens is 2. The molecule has 7 nitrogen and oxygen atoms in total. The molecule has 0 spiro atoms. The van der Waals surface area contributed by atoms with Crippen molar-refractivity contribution in [2.24, 2.45) is 5.73 Å². The minimum absolute atomic E-state index is 0.122. The summed E-state index contributed by atoms with van der Waals surface area (Å²) in [7, 11) is 0. The highest BCUT2D eigenvalue weighted by Gasteiger charge is 2.02. The van der Waals surface area contributed by atoms with Gasteiger partial charge in [0.2, 0.25) is 5.91 Å². The fourth-order valence-electron chi connectivity index (χ4n) is 1.23. The van der Waals surface area contributed by atoms with Crippen LogP contribution in [0.1, 0.15) is 6.92 Å². The molecule has 17 heavy (non-hydrogen) atoms. The molecule has 0 aliphatic rings. The lowest BCUT2D eigenvalue weighted by Gasteiger charge is -2.07. The molecule has 1 aromatic heterocycles. The molecule has 0 unspecified atom stereocenters. The lowest BCUT2D eigenvalue weighted by molar-refractivity contribution is -0.122. The van der Waals surface area contributed by atoms with Crippen molar-refractivity contribution < 1.29 is 9.53 Å². The van der Waals surface area contributed by atoms with Crippen LogP contribution in [0.4, 0.5) is 5.82 Å². The number of aryl methyl sites for hydroxylation is 1. The van der Waals surface area contributed by atoms with E-state index in [1.807, 2.05) is 6.92 Å². The second-order valence-corrected chi connectivity index (χ2v) is 3.31. The normalized spacial score (nSPS) is 10.2. The highest BCUT2D eigenvalue weighted by Crippen LogP contribution is 1.92. The molecule has 0 aromatic carbocycles. The first-order chi connectivity index (χ1) is 8.15. The summed E-state index contributed by atoms with van der Waals surface area (Å²) in [5.74, 6) is -0.242. The van der Waals surface area contributed by atoms with Crippen LogP contribution in [-0.4, -0.2) is 35.2 Å². The highest BCUT2D eigenvalue weighted by atomic mass is 16.5. The molecule has 1 heterocycles. The molecule has 0 saturated carbocycles. The zero-order chi connectivity index (χ0) is 12.7. The number of rotatable bonds is 7. The maximum atomic E-state index is 11.7. The molecule has 1 amide bonds. The van der Waals surface area contributed by atoms with E-state index in [0.29, 0.717) is 13.1 Å². The minimum Gasteiger partial charge on any atom is -0.370 e. The van der Waals surface area contributed by atoms with E-state index in [-0.39, 0.29) is 24.6 Å². The van der Waals surface area contributed by atoms with Gasteiger partial charge in [-0.1, -0.05) is 0 Å². The summed E-state index contributed by atoms with van der Waals surface area (Å²) >= 11 is 0. The van der Waals surface area contributed by atoms with Crippen molar-refractivity contribution in [3.63, 3.8) is 0 Å². The Hall–Kier alpha value is -1.89. The van der Waals surface area contributed by atoms with Gasteiger partial charge >= 0.3 is 0 Å². The van der Waals surface area contributed by atoms with E-state index in [1.54, 1.807) is 17.0 Å². The predicted octanol–water partition coefficient (Wildman–Crippen LogP) is -0.823. The average Bonchev–Trinajstić information content (AvgIpc) is 2.30. The van der Waals surface area contributed by atoms with Gasteiger partial charge in [0.15, 0.2) is 5.82 Å². The fraction of sp³-hybridized carbons (Fsp3) is 0.500. The van der Waals surface area contributed by atoms with Crippen LogP contribution in [0, 0.1) is 0 Å². The second kappa shape index (κ2) is 6.64. The number of primary amides is 1. The molecule has 0 fully saturated rings. The number of hydrogen-bond acceptors (Lipinski definition) is 5. The molecule has 3 N–H and O–H groups in total. The molecule has 0 bridgehead atoms. The fourth-order valence-corrected chi connectivity index (χ4v) is 1.23. The van der Waals surface area contributed by atoms with Crippen molar-refractivity contribution >= 4 is 11.7 Å². The van der Waals surface area contributed by atoms with Gasteiger partial charge in [-0.3, -0.25) is 9.59 Å². The highest BCUT2D eigenvalue weighted by molar-refractivity contribution is 5.74. The maximum Gasteiger partial charge on any atom is 0.293 e. The first kappa shape index (κ1) is 13.2. The van der Waals surface area contributed by atoms with E-state index < -0.39 is 5.91 Å². The van der Waals surface area contributed by atoms with Crippen LogP contribution in [0.15, 0.2) is 17.2 Å². The summed E-state index contributed by atoms with van der Waals surface area (Å²) in [6, 6.07) is 0. The Balaban J connectivity index is 2.42. The molecule has 0 saturated heterocycles. The Morgan fingerprint density at radius 2 is 2.41 bits per heavy atom. The number of nitrogens with one attached hydrogen (secondary N) is 1. The Kier molecular flexibility index (Phi) is 5.15. The third-order valence-electron chi connectivity index (χ3n) is 2.04. The molecule has 1 rings (SSSR count). The summed E-state index contributed by atoms with van der Waals surface area (Å²) in [5.41, 5.74) is 4.72. The molecule has 7 heteroatoms. The first-order valence-corrected chi connectivity index (χ1v) is 5.30. The van der Waals surface area contributed by atoms with Crippen LogP contribution in [0.2, 0.25) is 0 Å². The van der Waals surface area contributed by atoms with Crippen molar-refractivity contribution in [3.05, 3.63) is 22.7 Å². The lowest BCUT2D eigenvalue weighted by Crippen LogP contribution is -2.26. The molecule has 0 aliphatic heterocycles. The summed E-state index contributed by atoms with van der Waals surface area (Å²) in [6.45, 7) is 3.02. The van der Waals surface area contributed by atoms with E-state index in [9.17, 15) is 9.59 Å². The molecular weight excluding hydrogens is 224 g/mol. The van der Waals surface area contributed by atoms with Gasteiger partial charge in [0.1, 0.15) is 6.61 Å². The largest absolute Gasteiger partial charge is 0.370 e. The van der Waals surface area contributed by atoms with Gasteiger partial charge in [-0.25, -0.2) is 4.98 Å². The molecule has 0 radical (unpaired) electrons. The Morgan fingerprint density at radius 1 is 1.65 bits per heavy atom. The van der Waals surface area contributed by atoms with Crippen LogP contribution in [0.3, 0.4) is 0 Å². The number of carbonyl (C=O) groups excluding carboxylic acids is 1. The monoisotopic (exact) mass is 240 g/mol. The second-order valence-electron chi connectivity index (χ2n) is 3.31. The van der Waals surface area contributed by atoms with Crippen LogP contribution in [-0.2, 0) is 16.1 Å². The van der Waals surface area contributed by atoms with E-state index in [1.165, 1.54) is 0 Å². The number of nitrogens with two attached hydrogens (primary N) is 1. The molecule has 1 aromatic rings. The summed E-state index contributed by atoms with van der Waals surface area (Å²) in [5, 5.41) is 2.84. The Labute approximate surface area is 98.6 Å². The topological polar surface area (TPSA) is 99.2 Å².